The van der Waals surface area contributed by atoms with Gasteiger partial charge in [-0.05, 0) is 31.4 Å². The van der Waals surface area contributed by atoms with Crippen LogP contribution in [0.4, 0.5) is 0 Å². The zero-order chi connectivity index (χ0) is 13.1. The Bertz CT molecular complexity index is 428. The topological polar surface area (TPSA) is 20.3 Å². The third kappa shape index (κ3) is 2.97. The maximum atomic E-state index is 12.5. The molecule has 1 heterocycles. The van der Waals surface area contributed by atoms with E-state index in [0.29, 0.717) is 11.9 Å². The molecule has 1 aliphatic heterocycles. The number of nitrogens with zero attached hydrogens (tertiary/aromatic N) is 1. The molecule has 1 aliphatic carbocycles. The molecule has 1 saturated carbocycles. The SMILES string of the molecule is O=C1C(Sc2ccccc2)CCN1C1CCCCC1. The molecule has 0 bridgehead atoms. The van der Waals surface area contributed by atoms with Gasteiger partial charge in [0, 0.05) is 17.5 Å². The van der Waals surface area contributed by atoms with E-state index in [2.05, 4.69) is 17.0 Å². The Morgan fingerprint density at radius 3 is 2.47 bits per heavy atom. The van der Waals surface area contributed by atoms with Crippen LogP contribution in [0, 0.1) is 0 Å². The Labute approximate surface area is 119 Å². The Morgan fingerprint density at radius 1 is 1.00 bits per heavy atom. The van der Waals surface area contributed by atoms with Crippen molar-refractivity contribution in [2.24, 2.45) is 0 Å². The van der Waals surface area contributed by atoms with Gasteiger partial charge in [0.25, 0.3) is 0 Å². The summed E-state index contributed by atoms with van der Waals surface area (Å²) < 4.78 is 0. The number of benzene rings is 1. The summed E-state index contributed by atoms with van der Waals surface area (Å²) in [6, 6.07) is 10.8. The number of carbonyl (C=O) groups is 1. The van der Waals surface area contributed by atoms with Gasteiger partial charge in [-0.15, -0.1) is 11.8 Å². The number of amides is 1. The van der Waals surface area contributed by atoms with Crippen molar-refractivity contribution in [1.82, 2.24) is 4.90 Å². The molecule has 0 N–H and O–H groups in total. The first-order chi connectivity index (χ1) is 9.34. The highest BCUT2D eigenvalue weighted by Crippen LogP contribution is 2.34. The molecule has 2 aliphatic rings. The minimum absolute atomic E-state index is 0.143. The number of carbonyl (C=O) groups excluding carboxylic acids is 1. The number of hydrogen-bond donors (Lipinski definition) is 0. The minimum Gasteiger partial charge on any atom is -0.339 e. The van der Waals surface area contributed by atoms with E-state index in [-0.39, 0.29) is 5.25 Å². The molecule has 2 nitrogen and oxygen atoms in total. The van der Waals surface area contributed by atoms with Crippen molar-refractivity contribution in [2.75, 3.05) is 6.54 Å². The molecule has 2 fully saturated rings. The van der Waals surface area contributed by atoms with Gasteiger partial charge in [0.15, 0.2) is 0 Å². The summed E-state index contributed by atoms with van der Waals surface area (Å²) in [6.07, 6.45) is 7.38. The summed E-state index contributed by atoms with van der Waals surface area (Å²) in [4.78, 5) is 15.9. The van der Waals surface area contributed by atoms with Gasteiger partial charge in [0.1, 0.15) is 0 Å². The third-order valence-corrected chi connectivity index (χ3v) is 5.49. The first-order valence-corrected chi connectivity index (χ1v) is 8.25. The average molecular weight is 275 g/mol. The average Bonchev–Trinajstić information content (AvgIpc) is 2.82. The van der Waals surface area contributed by atoms with Gasteiger partial charge in [-0.2, -0.15) is 0 Å². The summed E-state index contributed by atoms with van der Waals surface area (Å²) in [5, 5.41) is 0.143. The highest BCUT2D eigenvalue weighted by Gasteiger charge is 2.36. The summed E-state index contributed by atoms with van der Waals surface area (Å²) >= 11 is 1.74. The Balaban J connectivity index is 1.62. The number of rotatable bonds is 3. The van der Waals surface area contributed by atoms with Crippen LogP contribution in [0.2, 0.25) is 0 Å². The molecule has 0 spiro atoms. The summed E-state index contributed by atoms with van der Waals surface area (Å²) in [5.41, 5.74) is 0. The molecule has 1 saturated heterocycles. The van der Waals surface area contributed by atoms with Crippen LogP contribution in [0.1, 0.15) is 38.5 Å². The van der Waals surface area contributed by atoms with Crippen LogP contribution < -0.4 is 0 Å². The zero-order valence-electron chi connectivity index (χ0n) is 11.3. The van der Waals surface area contributed by atoms with Crippen molar-refractivity contribution in [2.45, 2.75) is 54.7 Å². The maximum absolute atomic E-state index is 12.5. The fourth-order valence-corrected chi connectivity index (χ4v) is 4.31. The van der Waals surface area contributed by atoms with Gasteiger partial charge >= 0.3 is 0 Å². The predicted molar refractivity (Wildman–Crippen MR) is 79.3 cm³/mol. The highest BCUT2D eigenvalue weighted by molar-refractivity contribution is 8.00. The lowest BCUT2D eigenvalue weighted by Crippen LogP contribution is -2.39. The fraction of sp³-hybridized carbons (Fsp3) is 0.562. The van der Waals surface area contributed by atoms with Crippen LogP contribution in [0.15, 0.2) is 35.2 Å². The van der Waals surface area contributed by atoms with E-state index in [9.17, 15) is 4.79 Å². The predicted octanol–water partition coefficient (Wildman–Crippen LogP) is 3.71. The smallest absolute Gasteiger partial charge is 0.236 e. The number of likely N-dealkylation sites (tertiary alicyclic amines) is 1. The van der Waals surface area contributed by atoms with Crippen LogP contribution in [0.25, 0.3) is 0 Å². The standard InChI is InChI=1S/C16H21NOS/c18-16-15(19-14-9-5-2-6-10-14)11-12-17(16)13-7-3-1-4-8-13/h2,5-6,9-10,13,15H,1,3-4,7-8,11-12H2. The van der Waals surface area contributed by atoms with Crippen molar-refractivity contribution in [3.05, 3.63) is 30.3 Å². The molecule has 1 atom stereocenters. The molecule has 0 aromatic heterocycles. The van der Waals surface area contributed by atoms with Gasteiger partial charge in [0.05, 0.1) is 5.25 Å². The Kier molecular flexibility index (Phi) is 4.12. The largest absolute Gasteiger partial charge is 0.339 e. The van der Waals surface area contributed by atoms with Crippen molar-refractivity contribution in [1.29, 1.82) is 0 Å². The molecular formula is C16H21NOS. The van der Waals surface area contributed by atoms with E-state index in [4.69, 9.17) is 0 Å². The second kappa shape index (κ2) is 6.00. The normalized spacial score (nSPS) is 24.9. The summed E-state index contributed by atoms with van der Waals surface area (Å²) in [7, 11) is 0. The molecule has 102 valence electrons. The lowest BCUT2D eigenvalue weighted by Gasteiger charge is -2.31. The van der Waals surface area contributed by atoms with E-state index in [1.807, 2.05) is 18.2 Å². The first-order valence-electron chi connectivity index (χ1n) is 7.37. The monoisotopic (exact) mass is 275 g/mol. The van der Waals surface area contributed by atoms with Crippen LogP contribution >= 0.6 is 11.8 Å². The zero-order valence-corrected chi connectivity index (χ0v) is 12.1. The van der Waals surface area contributed by atoms with Gasteiger partial charge in [-0.25, -0.2) is 0 Å². The van der Waals surface area contributed by atoms with Crippen LogP contribution in [0.5, 0.6) is 0 Å². The van der Waals surface area contributed by atoms with Crippen LogP contribution in [-0.2, 0) is 4.79 Å². The van der Waals surface area contributed by atoms with E-state index >= 15 is 0 Å². The van der Waals surface area contributed by atoms with Crippen molar-refractivity contribution >= 4 is 17.7 Å². The highest BCUT2D eigenvalue weighted by atomic mass is 32.2. The molecule has 19 heavy (non-hydrogen) atoms. The van der Waals surface area contributed by atoms with Gasteiger partial charge in [-0.1, -0.05) is 37.5 Å². The Morgan fingerprint density at radius 2 is 1.74 bits per heavy atom. The van der Waals surface area contributed by atoms with Crippen LogP contribution in [-0.4, -0.2) is 28.6 Å². The molecule has 1 aromatic carbocycles. The lowest BCUT2D eigenvalue weighted by molar-refractivity contribution is -0.129. The van der Waals surface area contributed by atoms with Gasteiger partial charge < -0.3 is 4.90 Å². The van der Waals surface area contributed by atoms with E-state index in [1.165, 1.54) is 37.0 Å². The van der Waals surface area contributed by atoms with E-state index in [0.717, 1.165) is 13.0 Å². The van der Waals surface area contributed by atoms with Crippen LogP contribution in [0.3, 0.4) is 0 Å². The molecule has 1 aromatic rings. The van der Waals surface area contributed by atoms with Crippen molar-refractivity contribution in [3.8, 4) is 0 Å². The molecule has 1 unspecified atom stereocenters. The minimum atomic E-state index is 0.143. The first kappa shape index (κ1) is 13.0. The quantitative estimate of drug-likeness (QED) is 0.838. The van der Waals surface area contributed by atoms with Crippen molar-refractivity contribution < 1.29 is 4.79 Å². The molecule has 0 radical (unpaired) electrons. The van der Waals surface area contributed by atoms with E-state index < -0.39 is 0 Å². The summed E-state index contributed by atoms with van der Waals surface area (Å²) in [5.74, 6) is 0.376. The molecular weight excluding hydrogens is 254 g/mol. The fourth-order valence-electron chi connectivity index (χ4n) is 3.20. The molecule has 1 amide bonds. The second-order valence-corrected chi connectivity index (χ2v) is 6.81. The number of thioether (sulfide) groups is 1. The summed E-state index contributed by atoms with van der Waals surface area (Å²) in [6.45, 7) is 0.966. The maximum Gasteiger partial charge on any atom is 0.236 e. The van der Waals surface area contributed by atoms with Crippen molar-refractivity contribution in [3.63, 3.8) is 0 Å². The third-order valence-electron chi connectivity index (χ3n) is 4.23. The number of hydrogen-bond acceptors (Lipinski definition) is 2. The van der Waals surface area contributed by atoms with Gasteiger partial charge in [-0.3, -0.25) is 4.79 Å². The molecule has 3 heteroatoms. The van der Waals surface area contributed by atoms with E-state index in [1.54, 1.807) is 11.8 Å². The Hall–Kier alpha value is -0.960. The molecule has 3 rings (SSSR count). The second-order valence-electron chi connectivity index (χ2n) is 5.53. The van der Waals surface area contributed by atoms with Gasteiger partial charge in [0.2, 0.25) is 5.91 Å². The lowest BCUT2D eigenvalue weighted by atomic mass is 9.94.